The lowest BCUT2D eigenvalue weighted by atomic mass is 10.2. The third-order valence-corrected chi connectivity index (χ3v) is 2.93. The van der Waals surface area contributed by atoms with Crippen molar-refractivity contribution < 1.29 is 9.53 Å². The molecule has 6 heteroatoms. The van der Waals surface area contributed by atoms with E-state index in [0.29, 0.717) is 11.3 Å². The van der Waals surface area contributed by atoms with E-state index in [2.05, 4.69) is 4.98 Å². The summed E-state index contributed by atoms with van der Waals surface area (Å²) in [4.78, 5) is 17.6. The molecule has 1 heterocycles. The van der Waals surface area contributed by atoms with Crippen LogP contribution in [0.3, 0.4) is 0 Å². The first-order chi connectivity index (χ1) is 10.2. The monoisotopic (exact) mass is 280 g/mol. The Hall–Kier alpha value is -3.12. The third kappa shape index (κ3) is 3.07. The Morgan fingerprint density at radius 3 is 2.57 bits per heavy atom. The van der Waals surface area contributed by atoms with Crippen molar-refractivity contribution in [1.82, 2.24) is 9.88 Å². The van der Waals surface area contributed by atoms with E-state index in [1.807, 2.05) is 18.2 Å². The molecular weight excluding hydrogens is 268 g/mol. The molecule has 0 aliphatic heterocycles. The zero-order valence-corrected chi connectivity index (χ0v) is 11.4. The van der Waals surface area contributed by atoms with E-state index in [9.17, 15) is 4.79 Å². The average molecular weight is 280 g/mol. The minimum atomic E-state index is -0.434. The van der Waals surface area contributed by atoms with Crippen molar-refractivity contribution in [3.05, 3.63) is 36.0 Å². The first-order valence-corrected chi connectivity index (χ1v) is 6.17. The second-order valence-corrected chi connectivity index (χ2v) is 4.23. The van der Waals surface area contributed by atoms with Crippen LogP contribution in [0.1, 0.15) is 10.5 Å². The van der Waals surface area contributed by atoms with Crippen LogP contribution in [0, 0.1) is 22.7 Å². The molecule has 2 rings (SSSR count). The number of hydrogen-bond donors (Lipinski definition) is 0. The van der Waals surface area contributed by atoms with Crippen molar-refractivity contribution >= 4 is 16.8 Å². The lowest BCUT2D eigenvalue weighted by molar-refractivity contribution is 0.0789. The molecule has 1 aromatic heterocycles. The first kappa shape index (κ1) is 14.3. The van der Waals surface area contributed by atoms with E-state index in [1.165, 1.54) is 0 Å². The quantitative estimate of drug-likeness (QED) is 0.795. The van der Waals surface area contributed by atoms with Gasteiger partial charge >= 0.3 is 0 Å². The number of carbonyl (C=O) groups excluding carboxylic acids is 1. The number of nitriles is 2. The van der Waals surface area contributed by atoms with Gasteiger partial charge in [0.25, 0.3) is 5.91 Å². The highest BCUT2D eigenvalue weighted by Gasteiger charge is 2.16. The zero-order valence-electron chi connectivity index (χ0n) is 11.4. The topological polar surface area (TPSA) is 90.0 Å². The van der Waals surface area contributed by atoms with Crippen molar-refractivity contribution in [3.63, 3.8) is 0 Å². The van der Waals surface area contributed by atoms with Crippen LogP contribution in [0.15, 0.2) is 30.3 Å². The summed E-state index contributed by atoms with van der Waals surface area (Å²) in [6.45, 7) is -0.288. The number of benzene rings is 1. The van der Waals surface area contributed by atoms with Crippen molar-refractivity contribution in [2.45, 2.75) is 0 Å². The molecular formula is C15H12N4O2. The normalized spacial score (nSPS) is 9.67. The van der Waals surface area contributed by atoms with Crippen LogP contribution in [0.5, 0.6) is 5.75 Å². The fourth-order valence-corrected chi connectivity index (χ4v) is 1.88. The Morgan fingerprint density at radius 1 is 1.24 bits per heavy atom. The number of carbonyl (C=O) groups is 1. The van der Waals surface area contributed by atoms with Gasteiger partial charge in [0, 0.05) is 5.39 Å². The number of nitrogens with zero attached hydrogens (tertiary/aromatic N) is 4. The summed E-state index contributed by atoms with van der Waals surface area (Å²) in [5.41, 5.74) is 0.855. The maximum Gasteiger partial charge on any atom is 0.274 e. The first-order valence-electron chi connectivity index (χ1n) is 6.17. The summed E-state index contributed by atoms with van der Waals surface area (Å²) < 4.78 is 5.13. The van der Waals surface area contributed by atoms with Crippen molar-refractivity contribution in [2.75, 3.05) is 20.2 Å². The Bertz CT molecular complexity index is 742. The molecule has 0 bridgehead atoms. The van der Waals surface area contributed by atoms with E-state index in [1.54, 1.807) is 31.4 Å². The highest BCUT2D eigenvalue weighted by Crippen LogP contribution is 2.20. The van der Waals surface area contributed by atoms with Crippen molar-refractivity contribution in [3.8, 4) is 17.9 Å². The van der Waals surface area contributed by atoms with Crippen LogP contribution in [-0.2, 0) is 0 Å². The van der Waals surface area contributed by atoms with Gasteiger partial charge in [-0.1, -0.05) is 6.07 Å². The summed E-state index contributed by atoms with van der Waals surface area (Å²) in [7, 11) is 1.58. The molecule has 1 aromatic carbocycles. The summed E-state index contributed by atoms with van der Waals surface area (Å²) in [5, 5.41) is 18.2. The van der Waals surface area contributed by atoms with Gasteiger partial charge in [0.2, 0.25) is 0 Å². The molecule has 0 spiro atoms. The van der Waals surface area contributed by atoms with E-state index < -0.39 is 5.91 Å². The molecule has 0 saturated carbocycles. The van der Waals surface area contributed by atoms with E-state index >= 15 is 0 Å². The van der Waals surface area contributed by atoms with Crippen LogP contribution in [0.4, 0.5) is 0 Å². The summed E-state index contributed by atoms with van der Waals surface area (Å²) >= 11 is 0. The molecule has 0 N–H and O–H groups in total. The van der Waals surface area contributed by atoms with Gasteiger partial charge in [0.15, 0.2) is 0 Å². The number of methoxy groups -OCH3 is 1. The van der Waals surface area contributed by atoms with Crippen LogP contribution >= 0.6 is 0 Å². The summed E-state index contributed by atoms with van der Waals surface area (Å²) in [6.07, 6.45) is 0. The SMILES string of the molecule is COc1ccc2nc(C(=O)N(CC#N)CC#N)ccc2c1. The van der Waals surface area contributed by atoms with Crippen LogP contribution in [-0.4, -0.2) is 36.0 Å². The number of ether oxygens (including phenoxy) is 1. The average Bonchev–Trinajstić information content (AvgIpc) is 2.53. The van der Waals surface area contributed by atoms with Crippen molar-refractivity contribution in [2.24, 2.45) is 0 Å². The maximum atomic E-state index is 12.2. The Morgan fingerprint density at radius 2 is 1.95 bits per heavy atom. The number of rotatable bonds is 4. The molecule has 0 aliphatic carbocycles. The van der Waals surface area contributed by atoms with Gasteiger partial charge in [-0.15, -0.1) is 0 Å². The molecule has 0 aliphatic rings. The number of amides is 1. The van der Waals surface area contributed by atoms with E-state index in [0.717, 1.165) is 10.3 Å². The molecule has 6 nitrogen and oxygen atoms in total. The summed E-state index contributed by atoms with van der Waals surface area (Å²) in [6, 6.07) is 12.4. The predicted molar refractivity (Wildman–Crippen MR) is 75.4 cm³/mol. The minimum Gasteiger partial charge on any atom is -0.497 e. The Balaban J connectivity index is 2.36. The molecule has 0 radical (unpaired) electrons. The lowest BCUT2D eigenvalue weighted by Gasteiger charge is -2.15. The standard InChI is InChI=1S/C15H12N4O2/c1-21-12-3-5-13-11(10-12)2-4-14(18-13)15(20)19(8-6-16)9-7-17/h2-5,10H,8-9H2,1H3. The van der Waals surface area contributed by atoms with Crippen LogP contribution < -0.4 is 4.74 Å². The van der Waals surface area contributed by atoms with E-state index in [4.69, 9.17) is 15.3 Å². The molecule has 0 unspecified atom stereocenters. The Labute approximate surface area is 121 Å². The van der Waals surface area contributed by atoms with Gasteiger partial charge in [-0.2, -0.15) is 10.5 Å². The van der Waals surface area contributed by atoms with Crippen molar-refractivity contribution in [1.29, 1.82) is 10.5 Å². The molecule has 0 fully saturated rings. The van der Waals surface area contributed by atoms with Crippen LogP contribution in [0.25, 0.3) is 10.9 Å². The van der Waals surface area contributed by atoms with Gasteiger partial charge in [0.1, 0.15) is 24.5 Å². The molecule has 0 saturated heterocycles. The van der Waals surface area contributed by atoms with Gasteiger partial charge < -0.3 is 9.64 Å². The fraction of sp³-hybridized carbons (Fsp3) is 0.200. The highest BCUT2D eigenvalue weighted by atomic mass is 16.5. The zero-order chi connectivity index (χ0) is 15.2. The fourth-order valence-electron chi connectivity index (χ4n) is 1.88. The molecule has 104 valence electrons. The van der Waals surface area contributed by atoms with Gasteiger partial charge in [-0.3, -0.25) is 4.79 Å². The van der Waals surface area contributed by atoms with Crippen LogP contribution in [0.2, 0.25) is 0 Å². The van der Waals surface area contributed by atoms with Gasteiger partial charge in [0.05, 0.1) is 24.8 Å². The van der Waals surface area contributed by atoms with Gasteiger partial charge in [-0.05, 0) is 24.3 Å². The second-order valence-electron chi connectivity index (χ2n) is 4.23. The Kier molecular flexibility index (Phi) is 4.33. The smallest absolute Gasteiger partial charge is 0.274 e. The van der Waals surface area contributed by atoms with Gasteiger partial charge in [-0.25, -0.2) is 4.98 Å². The van der Waals surface area contributed by atoms with E-state index in [-0.39, 0.29) is 18.8 Å². The number of fused-ring (bicyclic) bond motifs is 1. The summed E-state index contributed by atoms with van der Waals surface area (Å²) in [5.74, 6) is 0.273. The molecule has 1 amide bonds. The third-order valence-electron chi connectivity index (χ3n) is 2.93. The number of aromatic nitrogens is 1. The number of hydrogen-bond acceptors (Lipinski definition) is 5. The second kappa shape index (κ2) is 6.36. The lowest BCUT2D eigenvalue weighted by Crippen LogP contribution is -2.32. The molecule has 21 heavy (non-hydrogen) atoms. The minimum absolute atomic E-state index is 0.144. The molecule has 0 atom stereocenters. The maximum absolute atomic E-state index is 12.2. The predicted octanol–water partition coefficient (Wildman–Crippen LogP) is 1.73. The number of pyridine rings is 1. The molecule has 2 aromatic rings. The highest BCUT2D eigenvalue weighted by molar-refractivity contribution is 5.95. The largest absolute Gasteiger partial charge is 0.497 e.